The summed E-state index contributed by atoms with van der Waals surface area (Å²) in [7, 11) is -10.7. The van der Waals surface area contributed by atoms with Crippen molar-refractivity contribution in [1.82, 2.24) is 9.55 Å². The van der Waals surface area contributed by atoms with Crippen molar-refractivity contribution in [3.05, 3.63) is 32.6 Å². The first-order valence-electron chi connectivity index (χ1n) is 9.89. The molecule has 0 aromatic carbocycles. The van der Waals surface area contributed by atoms with Gasteiger partial charge in [0.2, 0.25) is 6.29 Å². The van der Waals surface area contributed by atoms with Gasteiger partial charge in [-0.2, -0.15) is 4.31 Å². The molecule has 0 aliphatic carbocycles. The summed E-state index contributed by atoms with van der Waals surface area (Å²) in [6.45, 7) is 2.08. The quantitative estimate of drug-likeness (QED) is 0.249. The van der Waals surface area contributed by atoms with Crippen molar-refractivity contribution in [3.63, 3.8) is 0 Å². The molecule has 18 heteroatoms. The number of nitrogens with one attached hydrogen (secondary N) is 1. The predicted octanol–water partition coefficient (Wildman–Crippen LogP) is -1.19. The second-order valence-electron chi connectivity index (χ2n) is 7.76. The summed E-state index contributed by atoms with van der Waals surface area (Å²) in [5, 5.41) is 19.9. The van der Waals surface area contributed by atoms with Crippen LogP contribution < -0.4 is 11.2 Å². The van der Waals surface area contributed by atoms with Gasteiger partial charge in [-0.1, -0.05) is 0 Å². The molecule has 2 unspecified atom stereocenters. The molecule has 0 bridgehead atoms. The van der Waals surface area contributed by atoms with Gasteiger partial charge >= 0.3 is 21.3 Å². The van der Waals surface area contributed by atoms with Gasteiger partial charge in [-0.25, -0.2) is 13.9 Å². The number of carbonyl (C=O) groups is 1. The molecule has 16 nitrogen and oxygen atoms in total. The van der Waals surface area contributed by atoms with E-state index in [1.54, 1.807) is 0 Å². The number of aromatic nitrogens is 2. The number of Topliss-reactive ketones (excluding diaryl/α,β-unsaturated/α-hetero) is 1. The van der Waals surface area contributed by atoms with E-state index in [-0.39, 0.29) is 18.4 Å². The molecule has 0 amide bonds. The standard InChI is InChI=1S/C16H24N2O14P2/c1-7-5-18(16(23)17-14(7)22)12-4-9(19)11(30-12)6-28-33(24,25)32-34(26,27)31-15-13(21)10(20)3-8(2)29-15/h5,8-9,11-13,15,19,21H,3-4,6H2,1-2H3,(H,24,25)(H,26,27)(H,17,22,23)/t8-,9+,11-,12-,13-,15-/m1/s1. The number of phosphoric acid groups is 2. The molecule has 2 saturated heterocycles. The van der Waals surface area contributed by atoms with E-state index < -0.39 is 76.2 Å². The first-order chi connectivity index (χ1) is 15.7. The van der Waals surface area contributed by atoms with Crippen LogP contribution in [0.4, 0.5) is 0 Å². The molecule has 0 radical (unpaired) electrons. The largest absolute Gasteiger partial charge is 0.483 e. The van der Waals surface area contributed by atoms with Gasteiger partial charge in [0.25, 0.3) is 5.56 Å². The second-order valence-corrected chi connectivity index (χ2v) is 10.8. The van der Waals surface area contributed by atoms with Crippen LogP contribution in [0.2, 0.25) is 0 Å². The number of rotatable bonds is 8. The van der Waals surface area contributed by atoms with Crippen LogP contribution in [-0.4, -0.2) is 72.6 Å². The van der Waals surface area contributed by atoms with Crippen molar-refractivity contribution < 1.29 is 56.8 Å². The lowest BCUT2D eigenvalue weighted by atomic mass is 10.1. The van der Waals surface area contributed by atoms with Crippen LogP contribution in [0.1, 0.15) is 31.6 Å². The first-order valence-corrected chi connectivity index (χ1v) is 12.9. The lowest BCUT2D eigenvalue weighted by Gasteiger charge is -2.31. The van der Waals surface area contributed by atoms with E-state index in [9.17, 15) is 43.5 Å². The van der Waals surface area contributed by atoms with E-state index in [2.05, 4.69) is 18.3 Å². The zero-order chi connectivity index (χ0) is 25.4. The zero-order valence-electron chi connectivity index (χ0n) is 17.9. The Hall–Kier alpha value is -1.55. The van der Waals surface area contributed by atoms with Crippen molar-refractivity contribution in [1.29, 1.82) is 0 Å². The molecule has 2 fully saturated rings. The fraction of sp³-hybridized carbons (Fsp3) is 0.688. The second kappa shape index (κ2) is 10.2. The third-order valence-electron chi connectivity index (χ3n) is 4.95. The fourth-order valence-corrected chi connectivity index (χ4v) is 5.45. The molecule has 5 N–H and O–H groups in total. The number of hydrogen-bond acceptors (Lipinski definition) is 12. The summed E-state index contributed by atoms with van der Waals surface area (Å²) in [4.78, 5) is 56.7. The van der Waals surface area contributed by atoms with Gasteiger partial charge in [0.15, 0.2) is 11.9 Å². The summed E-state index contributed by atoms with van der Waals surface area (Å²) < 4.78 is 49.0. The number of ketones is 1. The third-order valence-corrected chi connectivity index (χ3v) is 7.55. The number of hydrogen-bond donors (Lipinski definition) is 5. The van der Waals surface area contributed by atoms with Crippen LogP contribution in [0.5, 0.6) is 0 Å². The molecular formula is C16H24N2O14P2. The van der Waals surface area contributed by atoms with Crippen molar-refractivity contribution in [2.24, 2.45) is 0 Å². The average Bonchev–Trinajstić information content (AvgIpc) is 3.06. The molecule has 2 aliphatic rings. The van der Waals surface area contributed by atoms with Crippen LogP contribution in [0.15, 0.2) is 15.8 Å². The van der Waals surface area contributed by atoms with Gasteiger partial charge in [-0.05, 0) is 13.8 Å². The van der Waals surface area contributed by atoms with E-state index in [0.717, 1.165) is 4.57 Å². The Morgan fingerprint density at radius 2 is 1.85 bits per heavy atom. The van der Waals surface area contributed by atoms with E-state index in [1.807, 2.05) is 0 Å². The summed E-state index contributed by atoms with van der Waals surface area (Å²) in [6, 6.07) is 0. The maximum Gasteiger partial charge on any atom is 0.483 e. The van der Waals surface area contributed by atoms with Gasteiger partial charge < -0.3 is 29.5 Å². The lowest BCUT2D eigenvalue weighted by molar-refractivity contribution is -0.201. The molecule has 8 atom stereocenters. The van der Waals surface area contributed by atoms with E-state index in [4.69, 9.17) is 9.47 Å². The van der Waals surface area contributed by atoms with Gasteiger partial charge in [0, 0.05) is 24.6 Å². The number of aryl methyl sites for hydroxylation is 1. The van der Waals surface area contributed by atoms with Crippen LogP contribution in [0.25, 0.3) is 0 Å². The fourth-order valence-electron chi connectivity index (χ4n) is 3.30. The minimum Gasteiger partial charge on any atom is -0.390 e. The number of aliphatic hydroxyl groups excluding tert-OH is 2. The van der Waals surface area contributed by atoms with Crippen molar-refractivity contribution in [2.75, 3.05) is 6.61 Å². The highest BCUT2D eigenvalue weighted by Crippen LogP contribution is 2.61. The van der Waals surface area contributed by atoms with E-state index in [1.165, 1.54) is 20.0 Å². The SMILES string of the molecule is Cc1cn([C@H]2C[C@H](O)[C@@H](COP(=O)(O)OP(=O)(O)O[C@H]3O[C@H](C)CC(=O)[C@H]3O)O2)c(=O)[nH]c1=O. The summed E-state index contributed by atoms with van der Waals surface area (Å²) in [5.74, 6) is -0.731. The molecule has 2 aliphatic heterocycles. The summed E-state index contributed by atoms with van der Waals surface area (Å²) in [6.07, 6.45) is -7.27. The topological polar surface area (TPSA) is 233 Å². The van der Waals surface area contributed by atoms with Gasteiger partial charge in [0.05, 0.1) is 18.8 Å². The Morgan fingerprint density at radius 3 is 2.53 bits per heavy atom. The van der Waals surface area contributed by atoms with Crippen LogP contribution >= 0.6 is 15.6 Å². The van der Waals surface area contributed by atoms with Gasteiger partial charge in [-0.3, -0.25) is 28.2 Å². The summed E-state index contributed by atoms with van der Waals surface area (Å²) in [5.41, 5.74) is -1.20. The molecule has 192 valence electrons. The van der Waals surface area contributed by atoms with Crippen molar-refractivity contribution >= 4 is 21.4 Å². The van der Waals surface area contributed by atoms with Gasteiger partial charge in [0.1, 0.15) is 12.3 Å². The highest BCUT2D eigenvalue weighted by atomic mass is 31.3. The van der Waals surface area contributed by atoms with Crippen LogP contribution in [-0.2, 0) is 36.8 Å². The van der Waals surface area contributed by atoms with Crippen LogP contribution in [0, 0.1) is 6.92 Å². The van der Waals surface area contributed by atoms with Crippen LogP contribution in [0.3, 0.4) is 0 Å². The number of phosphoric ester groups is 2. The number of nitrogens with zero attached hydrogens (tertiary/aromatic N) is 1. The summed E-state index contributed by atoms with van der Waals surface area (Å²) >= 11 is 0. The van der Waals surface area contributed by atoms with Crippen molar-refractivity contribution in [3.8, 4) is 0 Å². The van der Waals surface area contributed by atoms with Crippen molar-refractivity contribution in [2.45, 2.75) is 63.6 Å². The van der Waals surface area contributed by atoms with E-state index in [0.29, 0.717) is 0 Å². The number of aromatic amines is 1. The molecule has 0 saturated carbocycles. The predicted molar refractivity (Wildman–Crippen MR) is 108 cm³/mol. The molecule has 1 aromatic rings. The molecule has 0 spiro atoms. The Morgan fingerprint density at radius 1 is 1.18 bits per heavy atom. The smallest absolute Gasteiger partial charge is 0.390 e. The zero-order valence-corrected chi connectivity index (χ0v) is 19.7. The highest BCUT2D eigenvalue weighted by molar-refractivity contribution is 7.61. The molecular weight excluding hydrogens is 506 g/mol. The molecule has 1 aromatic heterocycles. The van der Waals surface area contributed by atoms with Gasteiger partial charge in [-0.15, -0.1) is 0 Å². The Labute approximate surface area is 191 Å². The Bertz CT molecular complexity index is 1130. The normalized spacial score (nSPS) is 33.4. The van der Waals surface area contributed by atoms with E-state index >= 15 is 0 Å². The maximum absolute atomic E-state index is 12.1. The Balaban J connectivity index is 1.59. The molecule has 3 heterocycles. The monoisotopic (exact) mass is 530 g/mol. The Kier molecular flexibility index (Phi) is 8.12. The number of ether oxygens (including phenoxy) is 2. The minimum absolute atomic E-state index is 0.138. The maximum atomic E-state index is 12.1. The molecule has 34 heavy (non-hydrogen) atoms. The minimum atomic E-state index is -5.38. The third kappa shape index (κ3) is 6.56. The lowest BCUT2D eigenvalue weighted by Crippen LogP contribution is -2.45. The highest BCUT2D eigenvalue weighted by Gasteiger charge is 2.45. The first kappa shape index (κ1) is 27.0. The number of H-pyrrole nitrogens is 1. The average molecular weight is 530 g/mol. The molecule has 3 rings (SSSR count). The number of carbonyl (C=O) groups excluding carboxylic acids is 1. The number of aliphatic hydroxyl groups is 2.